The van der Waals surface area contributed by atoms with E-state index in [1.807, 2.05) is 6.92 Å². The van der Waals surface area contributed by atoms with Crippen LogP contribution in [0.5, 0.6) is 0 Å². The number of likely N-dealkylation sites (tertiary alicyclic amines) is 2. The molecule has 1 aromatic carbocycles. The maximum absolute atomic E-state index is 12.8. The fraction of sp³-hybridized carbons (Fsp3) is 0.708. The maximum atomic E-state index is 12.8. The molecule has 29 heavy (non-hydrogen) atoms. The standard InChI is InChI=1S/C24H40N4O/c1-5-11-27-12-9-22(10-13-27)28-17-21(15-23(28)24(29)25-6-2)26-16-20-14-18(3)7-8-19(20)4/h7-8,14,21-23,26H,5-6,9-13,15-17H2,1-4H3,(H,25,29)/t21-,23-/m0/s1. The molecule has 0 aromatic heterocycles. The van der Waals surface area contributed by atoms with E-state index in [-0.39, 0.29) is 11.9 Å². The van der Waals surface area contributed by atoms with Crippen molar-refractivity contribution in [3.8, 4) is 0 Å². The van der Waals surface area contributed by atoms with Gasteiger partial charge >= 0.3 is 0 Å². The van der Waals surface area contributed by atoms with Crippen molar-refractivity contribution in [2.75, 3.05) is 32.7 Å². The number of nitrogens with zero attached hydrogens (tertiary/aromatic N) is 2. The molecule has 0 bridgehead atoms. The van der Waals surface area contributed by atoms with Crippen molar-refractivity contribution in [3.63, 3.8) is 0 Å². The Morgan fingerprint density at radius 1 is 1.17 bits per heavy atom. The summed E-state index contributed by atoms with van der Waals surface area (Å²) in [6.45, 7) is 14.7. The fourth-order valence-electron chi connectivity index (χ4n) is 5.00. The smallest absolute Gasteiger partial charge is 0.237 e. The third-order valence-corrected chi connectivity index (χ3v) is 6.64. The lowest BCUT2D eigenvalue weighted by atomic mass is 10.0. The number of hydrogen-bond donors (Lipinski definition) is 2. The van der Waals surface area contributed by atoms with Crippen LogP contribution < -0.4 is 10.6 Å². The quantitative estimate of drug-likeness (QED) is 0.704. The molecule has 2 aliphatic heterocycles. The predicted octanol–water partition coefficient (Wildman–Crippen LogP) is 2.85. The molecule has 0 saturated carbocycles. The zero-order chi connectivity index (χ0) is 20.8. The number of carbonyl (C=O) groups is 1. The molecule has 1 aromatic rings. The molecule has 2 heterocycles. The maximum Gasteiger partial charge on any atom is 0.237 e. The van der Waals surface area contributed by atoms with Gasteiger partial charge in [0.05, 0.1) is 6.04 Å². The summed E-state index contributed by atoms with van der Waals surface area (Å²) in [6.07, 6.45) is 4.49. The van der Waals surface area contributed by atoms with Gasteiger partial charge in [0, 0.05) is 31.7 Å². The number of likely N-dealkylation sites (N-methyl/N-ethyl adjacent to an activating group) is 1. The molecule has 3 rings (SSSR count). The molecule has 0 aliphatic carbocycles. The lowest BCUT2D eigenvalue weighted by Crippen LogP contribution is -2.51. The van der Waals surface area contributed by atoms with Crippen LogP contribution in [0.4, 0.5) is 0 Å². The Bertz CT molecular complexity index is 669. The van der Waals surface area contributed by atoms with E-state index < -0.39 is 0 Å². The molecule has 0 unspecified atom stereocenters. The average molecular weight is 401 g/mol. The van der Waals surface area contributed by atoms with Crippen LogP contribution in [0, 0.1) is 13.8 Å². The van der Waals surface area contributed by atoms with Gasteiger partial charge in [0.2, 0.25) is 5.91 Å². The van der Waals surface area contributed by atoms with Crippen LogP contribution in [0.1, 0.15) is 56.2 Å². The van der Waals surface area contributed by atoms with E-state index >= 15 is 0 Å². The third-order valence-electron chi connectivity index (χ3n) is 6.64. The molecule has 2 fully saturated rings. The van der Waals surface area contributed by atoms with Crippen molar-refractivity contribution in [2.45, 2.75) is 78.0 Å². The average Bonchev–Trinajstić information content (AvgIpc) is 3.14. The minimum Gasteiger partial charge on any atom is -0.355 e. The van der Waals surface area contributed by atoms with Gasteiger partial charge < -0.3 is 15.5 Å². The van der Waals surface area contributed by atoms with Crippen molar-refractivity contribution in [1.82, 2.24) is 20.4 Å². The molecule has 5 nitrogen and oxygen atoms in total. The van der Waals surface area contributed by atoms with E-state index in [1.165, 1.54) is 42.5 Å². The molecular weight excluding hydrogens is 360 g/mol. The van der Waals surface area contributed by atoms with E-state index in [0.29, 0.717) is 18.6 Å². The molecule has 162 valence electrons. The van der Waals surface area contributed by atoms with Gasteiger partial charge in [0.25, 0.3) is 0 Å². The number of carbonyl (C=O) groups excluding carboxylic acids is 1. The Kier molecular flexibility index (Phi) is 8.10. The summed E-state index contributed by atoms with van der Waals surface area (Å²) in [6, 6.07) is 7.56. The molecule has 0 radical (unpaired) electrons. The Morgan fingerprint density at radius 2 is 1.93 bits per heavy atom. The first kappa shape index (κ1) is 22.3. The largest absolute Gasteiger partial charge is 0.355 e. The van der Waals surface area contributed by atoms with Crippen LogP contribution in [-0.4, -0.2) is 66.6 Å². The van der Waals surface area contributed by atoms with E-state index in [0.717, 1.165) is 32.6 Å². The summed E-state index contributed by atoms with van der Waals surface area (Å²) >= 11 is 0. The van der Waals surface area contributed by atoms with E-state index in [1.54, 1.807) is 0 Å². The lowest BCUT2D eigenvalue weighted by Gasteiger charge is -2.39. The number of rotatable bonds is 8. The summed E-state index contributed by atoms with van der Waals surface area (Å²) in [5.41, 5.74) is 4.01. The summed E-state index contributed by atoms with van der Waals surface area (Å²) in [5.74, 6) is 0.208. The minimum atomic E-state index is 0.00813. The van der Waals surface area contributed by atoms with Gasteiger partial charge in [-0.3, -0.25) is 9.69 Å². The van der Waals surface area contributed by atoms with Crippen LogP contribution in [0.25, 0.3) is 0 Å². The van der Waals surface area contributed by atoms with E-state index in [2.05, 4.69) is 59.4 Å². The van der Waals surface area contributed by atoms with Crippen LogP contribution in [-0.2, 0) is 11.3 Å². The highest BCUT2D eigenvalue weighted by atomic mass is 16.2. The first-order chi connectivity index (χ1) is 14.0. The Balaban J connectivity index is 1.62. The monoisotopic (exact) mass is 400 g/mol. The molecule has 1 amide bonds. The summed E-state index contributed by atoms with van der Waals surface area (Å²) < 4.78 is 0. The van der Waals surface area contributed by atoms with Gasteiger partial charge in [-0.2, -0.15) is 0 Å². The Hall–Kier alpha value is -1.43. The van der Waals surface area contributed by atoms with Gasteiger partial charge in [0.1, 0.15) is 0 Å². The predicted molar refractivity (Wildman–Crippen MR) is 120 cm³/mol. The topological polar surface area (TPSA) is 47.6 Å². The van der Waals surface area contributed by atoms with Crippen LogP contribution in [0.2, 0.25) is 0 Å². The summed E-state index contributed by atoms with van der Waals surface area (Å²) in [7, 11) is 0. The number of nitrogens with one attached hydrogen (secondary N) is 2. The summed E-state index contributed by atoms with van der Waals surface area (Å²) in [4.78, 5) is 17.9. The zero-order valence-electron chi connectivity index (χ0n) is 18.8. The molecule has 2 saturated heterocycles. The Labute approximate surface area is 177 Å². The molecule has 5 heteroatoms. The molecular formula is C24H40N4O. The molecule has 2 atom stereocenters. The number of hydrogen-bond acceptors (Lipinski definition) is 4. The number of amides is 1. The zero-order valence-corrected chi connectivity index (χ0v) is 18.8. The fourth-order valence-corrected chi connectivity index (χ4v) is 5.00. The highest BCUT2D eigenvalue weighted by Gasteiger charge is 2.40. The van der Waals surface area contributed by atoms with Crippen molar-refractivity contribution in [3.05, 3.63) is 34.9 Å². The summed E-state index contributed by atoms with van der Waals surface area (Å²) in [5, 5.41) is 6.84. The molecule has 2 aliphatic rings. The van der Waals surface area contributed by atoms with Crippen molar-refractivity contribution >= 4 is 5.91 Å². The molecule has 2 N–H and O–H groups in total. The van der Waals surface area contributed by atoms with Crippen LogP contribution in [0.15, 0.2) is 18.2 Å². The van der Waals surface area contributed by atoms with Gasteiger partial charge in [-0.1, -0.05) is 30.7 Å². The SMILES string of the molecule is CCCN1CCC(N2C[C@@H](NCc3cc(C)ccc3C)C[C@H]2C(=O)NCC)CC1. The Morgan fingerprint density at radius 3 is 2.62 bits per heavy atom. The van der Waals surface area contributed by atoms with Gasteiger partial charge in [-0.25, -0.2) is 0 Å². The normalized spacial score (nSPS) is 24.1. The van der Waals surface area contributed by atoms with Crippen LogP contribution >= 0.6 is 0 Å². The highest BCUT2D eigenvalue weighted by molar-refractivity contribution is 5.82. The molecule has 0 spiro atoms. The van der Waals surface area contributed by atoms with Crippen LogP contribution in [0.3, 0.4) is 0 Å². The van der Waals surface area contributed by atoms with Gasteiger partial charge in [0.15, 0.2) is 0 Å². The number of aryl methyl sites for hydroxylation is 2. The first-order valence-electron chi connectivity index (χ1n) is 11.6. The second-order valence-corrected chi connectivity index (χ2v) is 8.92. The van der Waals surface area contributed by atoms with E-state index in [9.17, 15) is 4.79 Å². The van der Waals surface area contributed by atoms with Crippen molar-refractivity contribution < 1.29 is 4.79 Å². The lowest BCUT2D eigenvalue weighted by molar-refractivity contribution is -0.126. The minimum absolute atomic E-state index is 0.00813. The van der Waals surface area contributed by atoms with Crippen molar-refractivity contribution in [2.24, 2.45) is 0 Å². The van der Waals surface area contributed by atoms with E-state index in [4.69, 9.17) is 0 Å². The second kappa shape index (κ2) is 10.6. The first-order valence-corrected chi connectivity index (χ1v) is 11.6. The van der Waals surface area contributed by atoms with Gasteiger partial charge in [-0.15, -0.1) is 0 Å². The second-order valence-electron chi connectivity index (χ2n) is 8.92. The number of benzene rings is 1. The van der Waals surface area contributed by atoms with Crippen molar-refractivity contribution in [1.29, 1.82) is 0 Å². The number of piperidine rings is 1. The highest BCUT2D eigenvalue weighted by Crippen LogP contribution is 2.27. The van der Waals surface area contributed by atoms with Gasteiger partial charge in [-0.05, 0) is 77.2 Å². The third kappa shape index (κ3) is 5.80.